The molecule has 1 atom stereocenters. The van der Waals surface area contributed by atoms with Gasteiger partial charge in [-0.3, -0.25) is 9.59 Å². The van der Waals surface area contributed by atoms with Crippen molar-refractivity contribution in [2.24, 2.45) is 11.8 Å². The van der Waals surface area contributed by atoms with E-state index in [1.165, 1.54) is 0 Å². The fraction of sp³-hybridized carbons (Fsp3) is 0.833. The molecule has 5 heteroatoms. The second-order valence-electron chi connectivity index (χ2n) is 4.68. The van der Waals surface area contributed by atoms with E-state index in [9.17, 15) is 9.59 Å². The van der Waals surface area contributed by atoms with Crippen molar-refractivity contribution in [2.45, 2.75) is 33.6 Å². The predicted molar refractivity (Wildman–Crippen MR) is 66.8 cm³/mol. The molecule has 0 aliphatic rings. The Labute approximate surface area is 103 Å². The van der Waals surface area contributed by atoms with Gasteiger partial charge in [0.1, 0.15) is 0 Å². The highest BCUT2D eigenvalue weighted by atomic mass is 16.4. The fourth-order valence-electron chi connectivity index (χ4n) is 1.71. The van der Waals surface area contributed by atoms with Crippen LogP contribution in [0.1, 0.15) is 33.6 Å². The molecule has 0 bridgehead atoms. The minimum Gasteiger partial charge on any atom is -0.481 e. The molecule has 0 saturated carbocycles. The molecule has 100 valence electrons. The van der Waals surface area contributed by atoms with Crippen LogP contribution in [-0.2, 0) is 9.59 Å². The highest BCUT2D eigenvalue weighted by Crippen LogP contribution is 2.14. The first kappa shape index (κ1) is 15.9. The first-order valence-electron chi connectivity index (χ1n) is 6.14. The van der Waals surface area contributed by atoms with Gasteiger partial charge in [-0.2, -0.15) is 0 Å². The summed E-state index contributed by atoms with van der Waals surface area (Å²) < 4.78 is 0. The van der Waals surface area contributed by atoms with Gasteiger partial charge in [0, 0.05) is 13.0 Å². The normalized spacial score (nSPS) is 12.5. The number of rotatable bonds is 9. The average Bonchev–Trinajstić information content (AvgIpc) is 2.21. The molecule has 0 radical (unpaired) electrons. The smallest absolute Gasteiger partial charge is 0.303 e. The molecule has 0 aliphatic carbocycles. The molecule has 0 fully saturated rings. The summed E-state index contributed by atoms with van der Waals surface area (Å²) in [6, 6.07) is 0. The first-order chi connectivity index (χ1) is 7.95. The van der Waals surface area contributed by atoms with Crippen LogP contribution in [0.3, 0.4) is 0 Å². The Morgan fingerprint density at radius 3 is 2.41 bits per heavy atom. The van der Waals surface area contributed by atoms with Crippen LogP contribution in [0, 0.1) is 11.8 Å². The Bertz CT molecular complexity index is 242. The standard InChI is InChI=1S/C12H24N2O3/c1-4-13-8-11(15)14-7-10(5-9(2)3)6-12(16)17/h9-10,13H,4-8H2,1-3H3,(H,14,15)(H,16,17). The largest absolute Gasteiger partial charge is 0.481 e. The molecule has 0 saturated heterocycles. The van der Waals surface area contributed by atoms with Gasteiger partial charge in [-0.05, 0) is 24.8 Å². The highest BCUT2D eigenvalue weighted by molar-refractivity contribution is 5.78. The molecule has 0 aromatic carbocycles. The van der Waals surface area contributed by atoms with Crippen LogP contribution < -0.4 is 10.6 Å². The summed E-state index contributed by atoms with van der Waals surface area (Å²) in [5, 5.41) is 14.5. The maximum absolute atomic E-state index is 11.4. The van der Waals surface area contributed by atoms with E-state index in [1.54, 1.807) is 0 Å². The molecule has 0 aromatic rings. The van der Waals surface area contributed by atoms with Crippen molar-refractivity contribution >= 4 is 11.9 Å². The quantitative estimate of drug-likeness (QED) is 0.562. The van der Waals surface area contributed by atoms with Crippen molar-refractivity contribution in [2.75, 3.05) is 19.6 Å². The third-order valence-corrected chi connectivity index (χ3v) is 2.39. The van der Waals surface area contributed by atoms with Gasteiger partial charge in [0.2, 0.25) is 5.91 Å². The Morgan fingerprint density at radius 1 is 1.29 bits per heavy atom. The van der Waals surface area contributed by atoms with Crippen LogP contribution in [0.25, 0.3) is 0 Å². The lowest BCUT2D eigenvalue weighted by Gasteiger charge is -2.17. The number of carboxylic acid groups (broad SMARTS) is 1. The summed E-state index contributed by atoms with van der Waals surface area (Å²) in [5.74, 6) is -0.439. The van der Waals surface area contributed by atoms with Crippen LogP contribution in [-0.4, -0.2) is 36.6 Å². The van der Waals surface area contributed by atoms with E-state index >= 15 is 0 Å². The number of likely N-dealkylation sites (N-methyl/N-ethyl adjacent to an activating group) is 1. The topological polar surface area (TPSA) is 78.4 Å². The molecule has 0 rings (SSSR count). The number of hydrogen-bond donors (Lipinski definition) is 3. The van der Waals surface area contributed by atoms with Crippen LogP contribution in [0.4, 0.5) is 0 Å². The molecule has 5 nitrogen and oxygen atoms in total. The molecule has 3 N–H and O–H groups in total. The predicted octanol–water partition coefficient (Wildman–Crippen LogP) is 0.849. The zero-order valence-electron chi connectivity index (χ0n) is 11.0. The maximum atomic E-state index is 11.4. The van der Waals surface area contributed by atoms with Crippen LogP contribution in [0.5, 0.6) is 0 Å². The van der Waals surface area contributed by atoms with Gasteiger partial charge in [0.25, 0.3) is 0 Å². The van der Waals surface area contributed by atoms with Crippen LogP contribution in [0.2, 0.25) is 0 Å². The Morgan fingerprint density at radius 2 is 1.94 bits per heavy atom. The van der Waals surface area contributed by atoms with E-state index < -0.39 is 5.97 Å². The fourth-order valence-corrected chi connectivity index (χ4v) is 1.71. The zero-order valence-corrected chi connectivity index (χ0v) is 11.0. The van der Waals surface area contributed by atoms with Crippen LogP contribution >= 0.6 is 0 Å². The molecule has 0 aromatic heterocycles. The molecule has 0 aliphatic heterocycles. The molecular weight excluding hydrogens is 220 g/mol. The molecule has 17 heavy (non-hydrogen) atoms. The van der Waals surface area contributed by atoms with E-state index in [4.69, 9.17) is 5.11 Å². The second-order valence-corrected chi connectivity index (χ2v) is 4.68. The Kier molecular flexibility index (Phi) is 8.40. The average molecular weight is 244 g/mol. The van der Waals surface area contributed by atoms with E-state index in [2.05, 4.69) is 24.5 Å². The number of aliphatic carboxylic acids is 1. The lowest BCUT2D eigenvalue weighted by molar-refractivity contribution is -0.138. The lowest BCUT2D eigenvalue weighted by Crippen LogP contribution is -2.37. The van der Waals surface area contributed by atoms with Gasteiger partial charge < -0.3 is 15.7 Å². The van der Waals surface area contributed by atoms with Crippen molar-refractivity contribution in [1.29, 1.82) is 0 Å². The third kappa shape index (κ3) is 9.81. The van der Waals surface area contributed by atoms with Gasteiger partial charge in [0.05, 0.1) is 6.54 Å². The molecule has 0 spiro atoms. The molecule has 1 unspecified atom stereocenters. The Hall–Kier alpha value is -1.10. The van der Waals surface area contributed by atoms with Gasteiger partial charge in [0.15, 0.2) is 0 Å². The minimum absolute atomic E-state index is 0.0121. The maximum Gasteiger partial charge on any atom is 0.303 e. The number of carbonyl (C=O) groups is 2. The summed E-state index contributed by atoms with van der Waals surface area (Å²) in [5.41, 5.74) is 0. The van der Waals surface area contributed by atoms with Gasteiger partial charge >= 0.3 is 5.97 Å². The SMILES string of the molecule is CCNCC(=O)NCC(CC(=O)O)CC(C)C. The van der Waals surface area contributed by atoms with Gasteiger partial charge in [-0.1, -0.05) is 20.8 Å². The lowest BCUT2D eigenvalue weighted by atomic mass is 9.94. The second kappa shape index (κ2) is 8.98. The van der Waals surface area contributed by atoms with Gasteiger partial charge in [-0.25, -0.2) is 0 Å². The van der Waals surface area contributed by atoms with E-state index in [0.717, 1.165) is 13.0 Å². The number of hydrogen-bond acceptors (Lipinski definition) is 3. The summed E-state index contributed by atoms with van der Waals surface area (Å²) in [4.78, 5) is 22.0. The monoisotopic (exact) mass is 244 g/mol. The van der Waals surface area contributed by atoms with Crippen molar-refractivity contribution in [3.05, 3.63) is 0 Å². The first-order valence-corrected chi connectivity index (χ1v) is 6.14. The molecule has 1 amide bonds. The number of carbonyl (C=O) groups excluding carboxylic acids is 1. The van der Waals surface area contributed by atoms with Crippen molar-refractivity contribution in [1.82, 2.24) is 10.6 Å². The minimum atomic E-state index is -0.809. The van der Waals surface area contributed by atoms with Crippen LogP contribution in [0.15, 0.2) is 0 Å². The van der Waals surface area contributed by atoms with Crippen molar-refractivity contribution < 1.29 is 14.7 Å². The number of carboxylic acids is 1. The molecule has 0 heterocycles. The summed E-state index contributed by atoms with van der Waals surface area (Å²) in [7, 11) is 0. The van der Waals surface area contributed by atoms with E-state index in [-0.39, 0.29) is 24.8 Å². The summed E-state index contributed by atoms with van der Waals surface area (Å²) >= 11 is 0. The summed E-state index contributed by atoms with van der Waals surface area (Å²) in [6.45, 7) is 7.51. The van der Waals surface area contributed by atoms with E-state index in [0.29, 0.717) is 12.5 Å². The third-order valence-electron chi connectivity index (χ3n) is 2.39. The molecular formula is C12H24N2O3. The van der Waals surface area contributed by atoms with Gasteiger partial charge in [-0.15, -0.1) is 0 Å². The highest BCUT2D eigenvalue weighted by Gasteiger charge is 2.15. The van der Waals surface area contributed by atoms with E-state index in [1.807, 2.05) is 6.92 Å². The zero-order chi connectivity index (χ0) is 13.3. The van der Waals surface area contributed by atoms with Crippen molar-refractivity contribution in [3.8, 4) is 0 Å². The Balaban J connectivity index is 3.97. The van der Waals surface area contributed by atoms with Crippen molar-refractivity contribution in [3.63, 3.8) is 0 Å². The summed E-state index contributed by atoms with van der Waals surface area (Å²) in [6.07, 6.45) is 0.924. The number of amides is 1. The number of nitrogens with one attached hydrogen (secondary N) is 2.